The smallest absolute Gasteiger partial charge is 0.301 e. The highest BCUT2D eigenvalue weighted by Crippen LogP contribution is 2.44. The zero-order chi connectivity index (χ0) is 30.6. The Morgan fingerprint density at radius 1 is 0.932 bits per heavy atom. The van der Waals surface area contributed by atoms with E-state index in [0.29, 0.717) is 38.6 Å². The number of aliphatic hydroxyl groups excluding tert-OH is 1. The number of carbonyl (C=O) groups is 2. The Hall–Kier alpha value is -3.96. The normalized spacial score (nSPS) is 16.0. The second-order valence-corrected chi connectivity index (χ2v) is 13.3. The summed E-state index contributed by atoms with van der Waals surface area (Å²) < 4.78 is 7.37. The van der Waals surface area contributed by atoms with Gasteiger partial charge >= 0.3 is 5.91 Å². The summed E-state index contributed by atoms with van der Waals surface area (Å²) in [7, 11) is 0. The van der Waals surface area contributed by atoms with Gasteiger partial charge in [0, 0.05) is 20.8 Å². The lowest BCUT2D eigenvalue weighted by Gasteiger charge is -2.22. The van der Waals surface area contributed by atoms with E-state index < -0.39 is 17.7 Å². The summed E-state index contributed by atoms with van der Waals surface area (Å²) >= 11 is 12.3. The van der Waals surface area contributed by atoms with Crippen LogP contribution in [0, 0.1) is 0 Å². The molecule has 44 heavy (non-hydrogen) atoms. The van der Waals surface area contributed by atoms with Crippen LogP contribution in [0.4, 0.5) is 5.13 Å². The van der Waals surface area contributed by atoms with E-state index in [9.17, 15) is 14.7 Å². The summed E-state index contributed by atoms with van der Waals surface area (Å²) in [4.78, 5) is 28.4. The van der Waals surface area contributed by atoms with Gasteiger partial charge in [0.15, 0.2) is 4.34 Å². The Balaban J connectivity index is 1.34. The van der Waals surface area contributed by atoms with Crippen molar-refractivity contribution in [1.29, 1.82) is 0 Å². The Kier molecular flexibility index (Phi) is 9.13. The van der Waals surface area contributed by atoms with Crippen LogP contribution >= 0.6 is 50.6 Å². The number of aliphatic hydroxyl groups is 1. The summed E-state index contributed by atoms with van der Waals surface area (Å²) in [5.41, 5.74) is 2.96. The van der Waals surface area contributed by atoms with Crippen molar-refractivity contribution in [1.82, 2.24) is 10.2 Å². The molecule has 1 N–H and O–H groups in total. The first-order valence-electron chi connectivity index (χ1n) is 13.4. The molecule has 1 atom stereocenters. The van der Waals surface area contributed by atoms with Crippen LogP contribution < -0.4 is 9.64 Å². The van der Waals surface area contributed by atoms with E-state index in [1.165, 1.54) is 28.0 Å². The Morgan fingerprint density at radius 2 is 1.64 bits per heavy atom. The maximum Gasteiger partial charge on any atom is 0.301 e. The van der Waals surface area contributed by atoms with Crippen molar-refractivity contribution in [3.8, 4) is 5.75 Å². The number of amides is 1. The minimum Gasteiger partial charge on any atom is -0.507 e. The molecule has 0 radical (unpaired) electrons. The number of ketones is 1. The monoisotopic (exact) mass is 703 g/mol. The fourth-order valence-corrected chi connectivity index (χ4v) is 7.13. The standard InChI is InChI=1S/C33H23BrClN3O4S2/c34-24-14-10-22(11-15-24)29(39)27-28(21-12-16-25(17-13-21)42-18-20-6-2-1-3-7-20)38(31(41)30(27)40)32-36-37-33(44-32)43-19-23-8-4-5-9-26(23)35/h1-17,28,39H,18-19H2/b29-27-. The SMILES string of the molecule is O=C1C(=O)N(c2nnc(SCc3ccccc3Cl)s2)C(c2ccc(OCc3ccccc3)cc2)/C1=C(/O)c1ccc(Br)cc1. The number of thioether (sulfide) groups is 1. The number of halogens is 2. The van der Waals surface area contributed by atoms with Crippen LogP contribution in [0.3, 0.4) is 0 Å². The van der Waals surface area contributed by atoms with E-state index in [4.69, 9.17) is 16.3 Å². The van der Waals surface area contributed by atoms with Crippen molar-refractivity contribution < 1.29 is 19.4 Å². The number of hydrogen-bond acceptors (Lipinski definition) is 8. The molecule has 6 rings (SSSR count). The van der Waals surface area contributed by atoms with Crippen LogP contribution in [0.2, 0.25) is 5.02 Å². The minimum absolute atomic E-state index is 0.0317. The first-order chi connectivity index (χ1) is 21.4. The van der Waals surface area contributed by atoms with Gasteiger partial charge in [-0.25, -0.2) is 0 Å². The molecule has 0 aliphatic carbocycles. The summed E-state index contributed by atoms with van der Waals surface area (Å²) in [5.74, 6) is -0.690. The maximum absolute atomic E-state index is 13.6. The lowest BCUT2D eigenvalue weighted by molar-refractivity contribution is -0.132. The lowest BCUT2D eigenvalue weighted by Crippen LogP contribution is -2.29. The predicted molar refractivity (Wildman–Crippen MR) is 177 cm³/mol. The van der Waals surface area contributed by atoms with Gasteiger partial charge in [0.25, 0.3) is 5.78 Å². The van der Waals surface area contributed by atoms with Crippen molar-refractivity contribution in [2.24, 2.45) is 0 Å². The molecule has 0 bridgehead atoms. The van der Waals surface area contributed by atoms with Crippen LogP contribution in [0.25, 0.3) is 5.76 Å². The number of Topliss-reactive ketones (excluding diaryl/α,β-unsaturated/α-hetero) is 1. The zero-order valence-electron chi connectivity index (χ0n) is 22.9. The number of rotatable bonds is 9. The van der Waals surface area contributed by atoms with E-state index in [1.807, 2.05) is 54.6 Å². The molecule has 1 aromatic heterocycles. The molecule has 4 aromatic carbocycles. The second-order valence-electron chi connectivity index (χ2n) is 9.75. The van der Waals surface area contributed by atoms with Crippen LogP contribution in [-0.4, -0.2) is 27.0 Å². The number of nitrogens with zero attached hydrogens (tertiary/aromatic N) is 3. The van der Waals surface area contributed by atoms with Gasteiger partial charge in [-0.2, -0.15) is 0 Å². The Bertz CT molecular complexity index is 1850. The Morgan fingerprint density at radius 3 is 2.36 bits per heavy atom. The van der Waals surface area contributed by atoms with Crippen molar-refractivity contribution in [3.63, 3.8) is 0 Å². The molecule has 7 nitrogen and oxygen atoms in total. The van der Waals surface area contributed by atoms with Crippen molar-refractivity contribution in [2.45, 2.75) is 22.7 Å². The molecule has 1 unspecified atom stereocenters. The molecular formula is C33H23BrClN3O4S2. The molecule has 1 aliphatic rings. The molecule has 1 aliphatic heterocycles. The first kappa shape index (κ1) is 30.1. The van der Waals surface area contributed by atoms with Gasteiger partial charge in [-0.15, -0.1) is 10.2 Å². The molecule has 1 saturated heterocycles. The van der Waals surface area contributed by atoms with Gasteiger partial charge in [0.05, 0.1) is 11.6 Å². The topological polar surface area (TPSA) is 92.6 Å². The molecule has 0 spiro atoms. The van der Waals surface area contributed by atoms with Gasteiger partial charge in [0.1, 0.15) is 18.1 Å². The molecule has 5 aromatic rings. The lowest BCUT2D eigenvalue weighted by atomic mass is 9.95. The highest BCUT2D eigenvalue weighted by atomic mass is 79.9. The summed E-state index contributed by atoms with van der Waals surface area (Å²) in [6.45, 7) is 0.391. The number of aromatic nitrogens is 2. The fourth-order valence-electron chi connectivity index (χ4n) is 4.71. The quantitative estimate of drug-likeness (QED) is 0.0541. The zero-order valence-corrected chi connectivity index (χ0v) is 26.9. The minimum atomic E-state index is -0.934. The summed E-state index contributed by atoms with van der Waals surface area (Å²) in [6.07, 6.45) is 0. The molecule has 11 heteroatoms. The van der Waals surface area contributed by atoms with Crippen molar-refractivity contribution >= 4 is 73.2 Å². The molecule has 0 saturated carbocycles. The third-order valence-corrected chi connectivity index (χ3v) is 9.92. The molecular weight excluding hydrogens is 682 g/mol. The van der Waals surface area contributed by atoms with Crippen LogP contribution in [0.1, 0.15) is 28.3 Å². The van der Waals surface area contributed by atoms with E-state index in [2.05, 4.69) is 26.1 Å². The van der Waals surface area contributed by atoms with E-state index >= 15 is 0 Å². The second kappa shape index (κ2) is 13.4. The number of carbonyl (C=O) groups excluding carboxylic acids is 2. The molecule has 2 heterocycles. The molecule has 220 valence electrons. The summed E-state index contributed by atoms with van der Waals surface area (Å²) in [5, 5.41) is 20.9. The van der Waals surface area contributed by atoms with E-state index in [-0.39, 0.29) is 16.5 Å². The third-order valence-electron chi connectivity index (χ3n) is 6.92. The predicted octanol–water partition coefficient (Wildman–Crippen LogP) is 8.45. The van der Waals surface area contributed by atoms with Crippen LogP contribution in [0.15, 0.2) is 118 Å². The van der Waals surface area contributed by atoms with Gasteiger partial charge in [-0.3, -0.25) is 14.5 Å². The number of ether oxygens (including phenoxy) is 1. The first-order valence-corrected chi connectivity index (χ1v) is 16.4. The average Bonchev–Trinajstić information content (AvgIpc) is 3.62. The molecule has 1 amide bonds. The fraction of sp³-hybridized carbons (Fsp3) is 0.0909. The summed E-state index contributed by atoms with van der Waals surface area (Å²) in [6, 6.07) is 30.4. The highest BCUT2D eigenvalue weighted by Gasteiger charge is 2.48. The Labute approximate surface area is 275 Å². The number of anilines is 1. The average molecular weight is 705 g/mol. The maximum atomic E-state index is 13.6. The number of benzene rings is 4. The molecule has 1 fully saturated rings. The van der Waals surface area contributed by atoms with Gasteiger partial charge < -0.3 is 9.84 Å². The largest absolute Gasteiger partial charge is 0.507 e. The van der Waals surface area contributed by atoms with Gasteiger partial charge in [0.2, 0.25) is 5.13 Å². The van der Waals surface area contributed by atoms with Crippen molar-refractivity contribution in [2.75, 3.05) is 4.90 Å². The van der Waals surface area contributed by atoms with Gasteiger partial charge in [-0.05, 0) is 47.0 Å². The number of hydrogen-bond donors (Lipinski definition) is 1. The third kappa shape index (κ3) is 6.44. The van der Waals surface area contributed by atoms with Gasteiger partial charge in [-0.1, -0.05) is 123 Å². The van der Waals surface area contributed by atoms with E-state index in [0.717, 1.165) is 15.6 Å². The van der Waals surface area contributed by atoms with Crippen LogP contribution in [0.5, 0.6) is 5.75 Å². The van der Waals surface area contributed by atoms with Crippen molar-refractivity contribution in [3.05, 3.63) is 140 Å². The van der Waals surface area contributed by atoms with Crippen LogP contribution in [-0.2, 0) is 21.9 Å². The van der Waals surface area contributed by atoms with E-state index in [1.54, 1.807) is 48.5 Å². The highest BCUT2D eigenvalue weighted by molar-refractivity contribution is 9.10.